The smallest absolute Gasteiger partial charge is 0.219 e. The van der Waals surface area contributed by atoms with Gasteiger partial charge in [0.15, 0.2) is 0 Å². The van der Waals surface area contributed by atoms with E-state index in [0.29, 0.717) is 5.88 Å². The van der Waals surface area contributed by atoms with E-state index in [1.807, 2.05) is 44.3 Å². The Hall–Kier alpha value is -1.58. The van der Waals surface area contributed by atoms with Crippen molar-refractivity contribution < 1.29 is 4.74 Å². The van der Waals surface area contributed by atoms with Gasteiger partial charge < -0.3 is 10.1 Å². The predicted octanol–water partition coefficient (Wildman–Crippen LogP) is 3.56. The van der Waals surface area contributed by atoms with Crippen LogP contribution in [0.25, 0.3) is 0 Å². The van der Waals surface area contributed by atoms with Crippen molar-refractivity contribution in [3.8, 4) is 11.6 Å². The Morgan fingerprint density at radius 2 is 2.11 bits per heavy atom. The monoisotopic (exact) mass is 262 g/mol. The summed E-state index contributed by atoms with van der Waals surface area (Å²) in [6, 6.07) is 9.39. The van der Waals surface area contributed by atoms with Gasteiger partial charge in [-0.1, -0.05) is 17.7 Å². The third kappa shape index (κ3) is 3.22. The topological polar surface area (TPSA) is 34.1 Å². The summed E-state index contributed by atoms with van der Waals surface area (Å²) >= 11 is 5.96. The molecule has 0 aliphatic carbocycles. The van der Waals surface area contributed by atoms with Crippen molar-refractivity contribution >= 4 is 11.6 Å². The third-order valence-electron chi connectivity index (χ3n) is 2.53. The molecule has 1 N–H and O–H groups in total. The zero-order valence-corrected chi connectivity index (χ0v) is 11.2. The summed E-state index contributed by atoms with van der Waals surface area (Å²) in [4.78, 5) is 4.25. The number of rotatable bonds is 4. The van der Waals surface area contributed by atoms with Crippen LogP contribution in [-0.4, -0.2) is 12.0 Å². The minimum absolute atomic E-state index is 0.580. The van der Waals surface area contributed by atoms with Crippen LogP contribution >= 0.6 is 11.6 Å². The highest BCUT2D eigenvalue weighted by Crippen LogP contribution is 2.24. The summed E-state index contributed by atoms with van der Waals surface area (Å²) in [5.74, 6) is 1.32. The summed E-state index contributed by atoms with van der Waals surface area (Å²) in [5, 5.41) is 3.81. The van der Waals surface area contributed by atoms with E-state index in [0.717, 1.165) is 28.4 Å². The molecule has 4 heteroatoms. The molecule has 0 fully saturated rings. The molecule has 1 aromatic heterocycles. The standard InChI is InChI=1S/C14H15ClN2O/c1-10-7-12(4-5-13(10)15)18-14-6-3-11(8-16-2)9-17-14/h3-7,9,16H,8H2,1-2H3. The number of nitrogens with zero attached hydrogens (tertiary/aromatic N) is 1. The van der Waals surface area contributed by atoms with E-state index in [4.69, 9.17) is 16.3 Å². The van der Waals surface area contributed by atoms with Crippen LogP contribution in [0.1, 0.15) is 11.1 Å². The van der Waals surface area contributed by atoms with Gasteiger partial charge in [0.05, 0.1) is 0 Å². The van der Waals surface area contributed by atoms with Crippen molar-refractivity contribution in [2.24, 2.45) is 0 Å². The van der Waals surface area contributed by atoms with E-state index in [-0.39, 0.29) is 0 Å². The molecule has 0 unspecified atom stereocenters. The number of hydrogen-bond acceptors (Lipinski definition) is 3. The van der Waals surface area contributed by atoms with Crippen molar-refractivity contribution in [1.29, 1.82) is 0 Å². The summed E-state index contributed by atoms with van der Waals surface area (Å²) in [5.41, 5.74) is 2.11. The lowest BCUT2D eigenvalue weighted by atomic mass is 10.2. The molecule has 1 heterocycles. The number of pyridine rings is 1. The molecule has 0 saturated carbocycles. The highest BCUT2D eigenvalue weighted by atomic mass is 35.5. The summed E-state index contributed by atoms with van der Waals surface area (Å²) in [6.45, 7) is 2.74. The van der Waals surface area contributed by atoms with Crippen molar-refractivity contribution in [1.82, 2.24) is 10.3 Å². The summed E-state index contributed by atoms with van der Waals surface area (Å²) < 4.78 is 5.66. The SMILES string of the molecule is CNCc1ccc(Oc2ccc(Cl)c(C)c2)nc1. The van der Waals surface area contributed by atoms with Crippen LogP contribution in [0.3, 0.4) is 0 Å². The van der Waals surface area contributed by atoms with Gasteiger partial charge in [0.2, 0.25) is 5.88 Å². The molecule has 2 rings (SSSR count). The maximum Gasteiger partial charge on any atom is 0.219 e. The number of hydrogen-bond donors (Lipinski definition) is 1. The lowest BCUT2D eigenvalue weighted by Crippen LogP contribution is -2.05. The lowest BCUT2D eigenvalue weighted by molar-refractivity contribution is 0.462. The van der Waals surface area contributed by atoms with E-state index in [2.05, 4.69) is 10.3 Å². The van der Waals surface area contributed by atoms with Crippen LogP contribution in [-0.2, 0) is 6.54 Å². The van der Waals surface area contributed by atoms with E-state index in [1.165, 1.54) is 0 Å². The maximum absolute atomic E-state index is 5.96. The highest BCUT2D eigenvalue weighted by Gasteiger charge is 2.01. The van der Waals surface area contributed by atoms with Gasteiger partial charge >= 0.3 is 0 Å². The molecular formula is C14H15ClN2O. The highest BCUT2D eigenvalue weighted by molar-refractivity contribution is 6.31. The van der Waals surface area contributed by atoms with Gasteiger partial charge in [-0.15, -0.1) is 0 Å². The van der Waals surface area contributed by atoms with Crippen molar-refractivity contribution in [2.45, 2.75) is 13.5 Å². The summed E-state index contributed by atoms with van der Waals surface area (Å²) in [7, 11) is 1.90. The first-order valence-electron chi connectivity index (χ1n) is 5.72. The average molecular weight is 263 g/mol. The molecule has 94 valence electrons. The van der Waals surface area contributed by atoms with E-state index >= 15 is 0 Å². The molecule has 18 heavy (non-hydrogen) atoms. The van der Waals surface area contributed by atoms with Crippen molar-refractivity contribution in [3.05, 3.63) is 52.7 Å². The second-order valence-corrected chi connectivity index (χ2v) is 4.46. The molecule has 0 bridgehead atoms. The Morgan fingerprint density at radius 3 is 2.72 bits per heavy atom. The van der Waals surface area contributed by atoms with Crippen LogP contribution < -0.4 is 10.1 Å². The van der Waals surface area contributed by atoms with Crippen LogP contribution in [0.4, 0.5) is 0 Å². The first kappa shape index (κ1) is 12.9. The van der Waals surface area contributed by atoms with Crippen LogP contribution in [0.5, 0.6) is 11.6 Å². The Kier molecular flexibility index (Phi) is 4.18. The third-order valence-corrected chi connectivity index (χ3v) is 2.95. The molecule has 0 saturated heterocycles. The number of nitrogens with one attached hydrogen (secondary N) is 1. The minimum Gasteiger partial charge on any atom is -0.439 e. The molecule has 2 aromatic rings. The Bertz CT molecular complexity index is 526. The van der Waals surface area contributed by atoms with Gasteiger partial charge in [0, 0.05) is 23.8 Å². The Balaban J connectivity index is 2.10. The van der Waals surface area contributed by atoms with Crippen molar-refractivity contribution in [2.75, 3.05) is 7.05 Å². The molecule has 1 aromatic carbocycles. The van der Waals surface area contributed by atoms with Crippen LogP contribution in [0.2, 0.25) is 5.02 Å². The van der Waals surface area contributed by atoms with Gasteiger partial charge in [-0.25, -0.2) is 4.98 Å². The van der Waals surface area contributed by atoms with Gasteiger partial charge in [-0.05, 0) is 43.3 Å². The Morgan fingerprint density at radius 1 is 1.28 bits per heavy atom. The minimum atomic E-state index is 0.580. The normalized spacial score (nSPS) is 10.4. The Labute approximate surface area is 112 Å². The number of aryl methyl sites for hydroxylation is 1. The number of benzene rings is 1. The quantitative estimate of drug-likeness (QED) is 0.915. The lowest BCUT2D eigenvalue weighted by Gasteiger charge is -2.07. The van der Waals surface area contributed by atoms with E-state index in [9.17, 15) is 0 Å². The fourth-order valence-electron chi connectivity index (χ4n) is 1.58. The molecule has 0 aliphatic rings. The largest absolute Gasteiger partial charge is 0.439 e. The molecule has 0 aliphatic heterocycles. The van der Waals surface area contributed by atoms with Crippen LogP contribution in [0.15, 0.2) is 36.5 Å². The first-order valence-corrected chi connectivity index (χ1v) is 6.10. The molecule has 0 atom stereocenters. The van der Waals surface area contributed by atoms with Crippen molar-refractivity contribution in [3.63, 3.8) is 0 Å². The fourth-order valence-corrected chi connectivity index (χ4v) is 1.70. The van der Waals surface area contributed by atoms with Gasteiger partial charge in [0.1, 0.15) is 5.75 Å². The maximum atomic E-state index is 5.96. The number of ether oxygens (including phenoxy) is 1. The summed E-state index contributed by atoms with van der Waals surface area (Å²) in [6.07, 6.45) is 1.80. The average Bonchev–Trinajstić information content (AvgIpc) is 2.37. The molecule has 0 amide bonds. The molecule has 0 spiro atoms. The second-order valence-electron chi connectivity index (χ2n) is 4.05. The first-order chi connectivity index (χ1) is 8.69. The molecular weight excluding hydrogens is 248 g/mol. The second kappa shape index (κ2) is 5.85. The van der Waals surface area contributed by atoms with Crippen LogP contribution in [0, 0.1) is 6.92 Å². The zero-order valence-electron chi connectivity index (χ0n) is 10.4. The van der Waals surface area contributed by atoms with Gasteiger partial charge in [-0.2, -0.15) is 0 Å². The van der Waals surface area contributed by atoms with E-state index < -0.39 is 0 Å². The fraction of sp³-hybridized carbons (Fsp3) is 0.214. The van der Waals surface area contributed by atoms with Gasteiger partial charge in [-0.3, -0.25) is 0 Å². The predicted molar refractivity (Wildman–Crippen MR) is 73.3 cm³/mol. The van der Waals surface area contributed by atoms with E-state index in [1.54, 1.807) is 6.20 Å². The number of aromatic nitrogens is 1. The zero-order chi connectivity index (χ0) is 13.0. The van der Waals surface area contributed by atoms with Gasteiger partial charge in [0.25, 0.3) is 0 Å². The molecule has 0 radical (unpaired) electrons. The molecule has 3 nitrogen and oxygen atoms in total. The number of halogens is 1.